The van der Waals surface area contributed by atoms with Crippen LogP contribution in [0.5, 0.6) is 0 Å². The largest absolute Gasteiger partial charge is 0.326 e. The molecule has 1 aromatic carbocycles. The molecule has 0 aromatic heterocycles. The molecule has 1 aromatic rings. The van der Waals surface area contributed by atoms with Gasteiger partial charge in [0.1, 0.15) is 4.90 Å². The van der Waals surface area contributed by atoms with Crippen molar-refractivity contribution in [1.29, 1.82) is 0 Å². The van der Waals surface area contributed by atoms with Crippen molar-refractivity contribution in [2.75, 3.05) is 0 Å². The van der Waals surface area contributed by atoms with Gasteiger partial charge in [0.05, 0.1) is 0 Å². The normalized spacial score (nSPS) is 16.1. The third kappa shape index (κ3) is 3.67. The molecule has 1 nitrogen and oxygen atoms in total. The molecular weight excluding hydrogens is 237 g/mol. The maximum atomic E-state index is 12.2. The molecule has 0 unspecified atom stereocenters. The Morgan fingerprint density at radius 2 is 1.33 bits per heavy atom. The highest BCUT2D eigenvalue weighted by Crippen LogP contribution is 3.02. The van der Waals surface area contributed by atoms with Crippen LogP contribution in [0.3, 0.4) is 0 Å². The van der Waals surface area contributed by atoms with E-state index in [4.69, 9.17) is 5.73 Å². The first kappa shape index (κ1) is 14.2. The second-order valence-electron chi connectivity index (χ2n) is 2.82. The predicted octanol–water partition coefficient (Wildman–Crippen LogP) is 4.44. The van der Waals surface area contributed by atoms with Crippen LogP contribution in [0.1, 0.15) is 13.0 Å². The maximum Gasteiger partial charge on any atom is 0.310 e. The molecule has 0 saturated heterocycles. The van der Waals surface area contributed by atoms with Gasteiger partial charge >= 0.3 is 10.2 Å². The van der Waals surface area contributed by atoms with E-state index < -0.39 is 15.1 Å². The number of benzene rings is 1. The fourth-order valence-corrected chi connectivity index (χ4v) is 1.53. The summed E-state index contributed by atoms with van der Waals surface area (Å²) in [5.74, 6) is 0. The lowest BCUT2D eigenvalue weighted by molar-refractivity contribution is 0.364. The van der Waals surface area contributed by atoms with E-state index in [0.717, 1.165) is 12.1 Å². The predicted molar refractivity (Wildman–Crippen MR) is 52.5 cm³/mol. The van der Waals surface area contributed by atoms with Crippen molar-refractivity contribution in [3.8, 4) is 0 Å². The molecule has 0 saturated carbocycles. The Morgan fingerprint density at radius 3 is 1.60 bits per heavy atom. The van der Waals surface area contributed by atoms with E-state index in [1.54, 1.807) is 0 Å². The van der Waals surface area contributed by atoms with Crippen LogP contribution in [0, 0.1) is 0 Å². The van der Waals surface area contributed by atoms with E-state index in [1.165, 1.54) is 0 Å². The highest BCUT2D eigenvalue weighted by Gasteiger charge is 2.65. The van der Waals surface area contributed by atoms with Gasteiger partial charge in [-0.15, -0.1) is 0 Å². The molecule has 0 amide bonds. The fraction of sp³-hybridized carbons (Fsp3) is 0.250. The molecule has 0 aliphatic carbocycles. The van der Waals surface area contributed by atoms with E-state index in [9.17, 15) is 19.4 Å². The molecule has 90 valence electrons. The topological polar surface area (TPSA) is 26.0 Å². The zero-order chi connectivity index (χ0) is 11.1. The number of hydrogen-bond donors (Lipinski definition) is 1. The van der Waals surface area contributed by atoms with Gasteiger partial charge in [-0.05, 0) is 17.7 Å². The van der Waals surface area contributed by atoms with Gasteiger partial charge in [0.25, 0.3) is 0 Å². The summed E-state index contributed by atoms with van der Waals surface area (Å²) < 4.78 is 60.8. The van der Waals surface area contributed by atoms with E-state index in [0.29, 0.717) is 17.7 Å². The van der Waals surface area contributed by atoms with E-state index >= 15 is 0 Å². The summed E-state index contributed by atoms with van der Waals surface area (Å²) in [5.41, 5.74) is 5.49. The first-order valence-corrected chi connectivity index (χ1v) is 5.51. The van der Waals surface area contributed by atoms with Crippen LogP contribution < -0.4 is 5.73 Å². The smallest absolute Gasteiger partial charge is 0.310 e. The van der Waals surface area contributed by atoms with Gasteiger partial charge in [-0.25, -0.2) is 0 Å². The van der Waals surface area contributed by atoms with Gasteiger partial charge in [0, 0.05) is 6.54 Å². The maximum absolute atomic E-state index is 12.2. The molecule has 0 bridgehead atoms. The number of halogens is 5. The molecule has 0 aliphatic heterocycles. The Morgan fingerprint density at radius 1 is 0.933 bits per heavy atom. The molecule has 0 spiro atoms. The summed E-state index contributed by atoms with van der Waals surface area (Å²) in [6.45, 7) is 0.0145. The number of nitrogens with two attached hydrogens (primary N) is 1. The summed E-state index contributed by atoms with van der Waals surface area (Å²) in [6.07, 6.45) is 0. The van der Waals surface area contributed by atoms with Gasteiger partial charge in [-0.2, -0.15) is 0 Å². The molecule has 15 heavy (non-hydrogen) atoms. The lowest BCUT2D eigenvalue weighted by Gasteiger charge is -2.40. The highest BCUT2D eigenvalue weighted by atomic mass is 32.5. The van der Waals surface area contributed by atoms with Gasteiger partial charge < -0.3 is 5.73 Å². The second-order valence-corrected chi connectivity index (χ2v) is 5.23. The van der Waals surface area contributed by atoms with Crippen molar-refractivity contribution in [2.45, 2.75) is 18.9 Å². The van der Waals surface area contributed by atoms with Crippen molar-refractivity contribution < 1.29 is 19.4 Å². The van der Waals surface area contributed by atoms with E-state index in [1.807, 2.05) is 0 Å². The van der Waals surface area contributed by atoms with Crippen LogP contribution in [-0.4, -0.2) is 0 Å². The lowest BCUT2D eigenvalue weighted by atomic mass is 10.2. The first-order valence-electron chi connectivity index (χ1n) is 3.56. The minimum absolute atomic E-state index is 0. The number of hydrogen-bond acceptors (Lipinski definition) is 1. The fourth-order valence-electron chi connectivity index (χ4n) is 0.883. The second kappa shape index (κ2) is 3.08. The molecule has 0 aliphatic rings. The average molecular weight is 249 g/mol. The average Bonchev–Trinajstić information content (AvgIpc) is 2.01. The van der Waals surface area contributed by atoms with Gasteiger partial charge in [0.15, 0.2) is 0 Å². The third-order valence-electron chi connectivity index (χ3n) is 1.60. The van der Waals surface area contributed by atoms with Crippen molar-refractivity contribution in [3.05, 3.63) is 29.8 Å². The minimum Gasteiger partial charge on any atom is -0.326 e. The first-order chi connectivity index (χ1) is 6.03. The van der Waals surface area contributed by atoms with Crippen LogP contribution in [0.15, 0.2) is 29.2 Å². The highest BCUT2D eigenvalue weighted by molar-refractivity contribution is 8.45. The third-order valence-corrected chi connectivity index (χ3v) is 2.77. The molecule has 0 fully saturated rings. The minimum atomic E-state index is -9.51. The van der Waals surface area contributed by atoms with Crippen LogP contribution >= 0.6 is 10.2 Å². The van der Waals surface area contributed by atoms with Crippen molar-refractivity contribution in [1.82, 2.24) is 0 Å². The molecule has 0 atom stereocenters. The summed E-state index contributed by atoms with van der Waals surface area (Å²) in [7, 11) is -9.51. The van der Waals surface area contributed by atoms with Gasteiger partial charge in [-0.1, -0.05) is 39.0 Å². The molecule has 0 radical (unpaired) electrons. The molecule has 2 N–H and O–H groups in total. The monoisotopic (exact) mass is 249 g/mol. The Labute approximate surface area is 84.8 Å². The molecule has 7 heteroatoms. The summed E-state index contributed by atoms with van der Waals surface area (Å²) in [6, 6.07) is 2.58. The van der Waals surface area contributed by atoms with Crippen molar-refractivity contribution in [3.63, 3.8) is 0 Å². The van der Waals surface area contributed by atoms with Crippen LogP contribution in [0.4, 0.5) is 19.4 Å². The van der Waals surface area contributed by atoms with Crippen LogP contribution in [0.2, 0.25) is 0 Å². The van der Waals surface area contributed by atoms with Crippen LogP contribution in [-0.2, 0) is 6.54 Å². The molecule has 0 heterocycles. The van der Waals surface area contributed by atoms with Crippen LogP contribution in [0.25, 0.3) is 0 Å². The standard InChI is InChI=1S/C7H8F5NS.CH4/c8-14(9,10,11,12)7-3-1-6(5-13)2-4-7;/h1-4H,5,13H2;1H4. The number of rotatable bonds is 2. The quantitative estimate of drug-likeness (QED) is 0.770. The Bertz CT molecular complexity index is 340. The zero-order valence-electron chi connectivity index (χ0n) is 6.89. The summed E-state index contributed by atoms with van der Waals surface area (Å²) >= 11 is 0. The van der Waals surface area contributed by atoms with Crippen molar-refractivity contribution in [2.24, 2.45) is 5.73 Å². The molecule has 1 rings (SSSR count). The summed E-state index contributed by atoms with van der Waals surface area (Å²) in [4.78, 5) is -1.89. The lowest BCUT2D eigenvalue weighted by Crippen LogP contribution is -2.06. The van der Waals surface area contributed by atoms with Gasteiger partial charge in [-0.3, -0.25) is 0 Å². The Hall–Kier alpha value is -0.820. The van der Waals surface area contributed by atoms with E-state index in [2.05, 4.69) is 0 Å². The van der Waals surface area contributed by atoms with Crippen molar-refractivity contribution >= 4 is 10.2 Å². The zero-order valence-corrected chi connectivity index (χ0v) is 7.71. The Balaban J connectivity index is 0.00000196. The van der Waals surface area contributed by atoms with Gasteiger partial charge in [0.2, 0.25) is 0 Å². The SMILES string of the molecule is C.NCc1ccc(S(F)(F)(F)(F)F)cc1. The Kier molecular flexibility index (Phi) is 2.92. The van der Waals surface area contributed by atoms with E-state index in [-0.39, 0.29) is 14.0 Å². The molecular formula is C8H12F5NS. The summed E-state index contributed by atoms with van der Waals surface area (Å²) in [5, 5.41) is 0.